The number of hydrogen-bond donors (Lipinski definition) is 3. The van der Waals surface area contributed by atoms with Crippen molar-refractivity contribution in [3.05, 3.63) is 30.0 Å². The highest BCUT2D eigenvalue weighted by Crippen LogP contribution is 2.26. The first-order valence-corrected chi connectivity index (χ1v) is 7.20. The second-order valence-corrected chi connectivity index (χ2v) is 5.29. The van der Waals surface area contributed by atoms with Gasteiger partial charge in [-0.15, -0.1) is 11.3 Å². The number of benzene rings is 1. The molecule has 0 radical (unpaired) electrons. The number of rotatable bonds is 3. The molecule has 0 bridgehead atoms. The molecule has 7 nitrogen and oxygen atoms in total. The first-order valence-electron chi connectivity index (χ1n) is 6.32. The van der Waals surface area contributed by atoms with Crippen molar-refractivity contribution in [1.29, 1.82) is 0 Å². The topological polar surface area (TPSA) is 91.4 Å². The molecule has 0 unspecified atom stereocenters. The lowest BCUT2D eigenvalue weighted by atomic mass is 10.3. The summed E-state index contributed by atoms with van der Waals surface area (Å²) in [5.74, 6) is 1.21. The smallest absolute Gasteiger partial charge is 0.226 e. The number of imidazole rings is 1. The lowest BCUT2D eigenvalue weighted by Gasteiger charge is -2.08. The van der Waals surface area contributed by atoms with Crippen LogP contribution in [0.2, 0.25) is 0 Å². The van der Waals surface area contributed by atoms with E-state index < -0.39 is 0 Å². The molecule has 0 amide bonds. The van der Waals surface area contributed by atoms with E-state index >= 15 is 0 Å². The molecule has 0 saturated heterocycles. The van der Waals surface area contributed by atoms with E-state index in [0.717, 1.165) is 21.4 Å². The molecule has 3 aromatic heterocycles. The van der Waals surface area contributed by atoms with Gasteiger partial charge in [0, 0.05) is 12.7 Å². The van der Waals surface area contributed by atoms with E-state index in [1.165, 1.54) is 0 Å². The van der Waals surface area contributed by atoms with Crippen LogP contribution in [0, 0.1) is 0 Å². The molecule has 4 rings (SSSR count). The molecule has 0 saturated carbocycles. The Labute approximate surface area is 123 Å². The third-order valence-corrected chi connectivity index (χ3v) is 3.89. The minimum Gasteiger partial charge on any atom is -0.357 e. The third kappa shape index (κ3) is 2.05. The minimum absolute atomic E-state index is 0.524. The maximum Gasteiger partial charge on any atom is 0.226 e. The second-order valence-electron chi connectivity index (χ2n) is 4.41. The Morgan fingerprint density at radius 2 is 2.14 bits per heavy atom. The van der Waals surface area contributed by atoms with Crippen molar-refractivity contribution in [2.75, 3.05) is 17.7 Å². The lowest BCUT2D eigenvalue weighted by Crippen LogP contribution is -2.01. The fourth-order valence-corrected chi connectivity index (χ4v) is 2.82. The lowest BCUT2D eigenvalue weighted by molar-refractivity contribution is 1.18. The highest BCUT2D eigenvalue weighted by molar-refractivity contribution is 7.16. The summed E-state index contributed by atoms with van der Waals surface area (Å²) in [6.07, 6.45) is 1.61. The zero-order valence-corrected chi connectivity index (χ0v) is 11.9. The number of nitrogens with one attached hydrogen (secondary N) is 3. The summed E-state index contributed by atoms with van der Waals surface area (Å²) in [5.41, 5.74) is 5.18. The van der Waals surface area contributed by atoms with Crippen molar-refractivity contribution in [1.82, 2.24) is 24.9 Å². The van der Waals surface area contributed by atoms with Crippen molar-refractivity contribution in [2.24, 2.45) is 0 Å². The highest BCUT2D eigenvalue weighted by atomic mass is 32.1. The SMILES string of the molecule is CNc1nc(Nc2ccc3ncsc3c2)c2[nH]cnc2n1. The number of anilines is 3. The molecule has 1 aromatic carbocycles. The van der Waals surface area contributed by atoms with Crippen LogP contribution in [0.3, 0.4) is 0 Å². The van der Waals surface area contributed by atoms with E-state index in [-0.39, 0.29) is 0 Å². The molecule has 3 heterocycles. The summed E-state index contributed by atoms with van der Waals surface area (Å²) in [6, 6.07) is 6.01. The average Bonchev–Trinajstić information content (AvgIpc) is 3.14. The van der Waals surface area contributed by atoms with Gasteiger partial charge in [-0.1, -0.05) is 0 Å². The highest BCUT2D eigenvalue weighted by Gasteiger charge is 2.10. The van der Waals surface area contributed by atoms with Crippen molar-refractivity contribution < 1.29 is 0 Å². The van der Waals surface area contributed by atoms with Crippen LogP contribution >= 0.6 is 11.3 Å². The fraction of sp³-hybridized carbons (Fsp3) is 0.0769. The summed E-state index contributed by atoms with van der Waals surface area (Å²) in [4.78, 5) is 20.2. The van der Waals surface area contributed by atoms with Gasteiger partial charge in [-0.05, 0) is 18.2 Å². The Morgan fingerprint density at radius 1 is 1.19 bits per heavy atom. The van der Waals surface area contributed by atoms with Gasteiger partial charge in [-0.25, -0.2) is 9.97 Å². The van der Waals surface area contributed by atoms with Crippen molar-refractivity contribution >= 4 is 50.2 Å². The van der Waals surface area contributed by atoms with Gasteiger partial charge in [0.05, 0.1) is 22.1 Å². The van der Waals surface area contributed by atoms with Crippen molar-refractivity contribution in [3.8, 4) is 0 Å². The molecule has 4 aromatic rings. The van der Waals surface area contributed by atoms with Crippen LogP contribution in [0.5, 0.6) is 0 Å². The third-order valence-electron chi connectivity index (χ3n) is 3.10. The molecular formula is C13H11N7S. The largest absolute Gasteiger partial charge is 0.357 e. The summed E-state index contributed by atoms with van der Waals surface area (Å²) < 4.78 is 1.13. The van der Waals surface area contributed by atoms with Gasteiger partial charge in [0.2, 0.25) is 5.95 Å². The molecule has 104 valence electrons. The van der Waals surface area contributed by atoms with Crippen LogP contribution in [0.4, 0.5) is 17.5 Å². The van der Waals surface area contributed by atoms with Crippen LogP contribution < -0.4 is 10.6 Å². The van der Waals surface area contributed by atoms with Gasteiger partial charge in [0.25, 0.3) is 0 Å². The normalized spacial score (nSPS) is 11.1. The fourth-order valence-electron chi connectivity index (χ4n) is 2.11. The number of aromatic nitrogens is 5. The molecule has 3 N–H and O–H groups in total. The number of fused-ring (bicyclic) bond motifs is 2. The van der Waals surface area contributed by atoms with Crippen LogP contribution in [-0.2, 0) is 0 Å². The maximum absolute atomic E-state index is 4.44. The number of thiazole rings is 1. The summed E-state index contributed by atoms with van der Waals surface area (Å²) in [6.45, 7) is 0. The minimum atomic E-state index is 0.524. The predicted molar refractivity (Wildman–Crippen MR) is 84.1 cm³/mol. The molecule has 0 aliphatic rings. The first kappa shape index (κ1) is 12.0. The van der Waals surface area contributed by atoms with Crippen molar-refractivity contribution in [2.45, 2.75) is 0 Å². The molecule has 0 aliphatic heterocycles. The second kappa shape index (κ2) is 4.67. The van der Waals surface area contributed by atoms with E-state index in [9.17, 15) is 0 Å². The Hall–Kier alpha value is -2.74. The monoisotopic (exact) mass is 297 g/mol. The van der Waals surface area contributed by atoms with Crippen LogP contribution in [0.1, 0.15) is 0 Å². The molecular weight excluding hydrogens is 286 g/mol. The van der Waals surface area contributed by atoms with Crippen LogP contribution in [0.15, 0.2) is 30.0 Å². The molecule has 0 atom stereocenters. The zero-order chi connectivity index (χ0) is 14.2. The van der Waals surface area contributed by atoms with E-state index in [4.69, 9.17) is 0 Å². The predicted octanol–water partition coefficient (Wildman–Crippen LogP) is 2.75. The molecule has 0 aliphatic carbocycles. The quantitative estimate of drug-likeness (QED) is 0.538. The van der Waals surface area contributed by atoms with Crippen molar-refractivity contribution in [3.63, 3.8) is 0 Å². The summed E-state index contributed by atoms with van der Waals surface area (Å²) in [7, 11) is 1.78. The van der Waals surface area contributed by atoms with E-state index in [1.807, 2.05) is 17.6 Å². The van der Waals surface area contributed by atoms with Gasteiger partial charge < -0.3 is 15.6 Å². The zero-order valence-electron chi connectivity index (χ0n) is 11.1. The van der Waals surface area contributed by atoms with E-state index in [0.29, 0.717) is 17.4 Å². The molecule has 21 heavy (non-hydrogen) atoms. The number of nitrogens with zero attached hydrogens (tertiary/aromatic N) is 4. The first-order chi connectivity index (χ1) is 10.3. The number of H-pyrrole nitrogens is 1. The van der Waals surface area contributed by atoms with E-state index in [1.54, 1.807) is 24.7 Å². The van der Waals surface area contributed by atoms with E-state index in [2.05, 4.69) is 41.6 Å². The average molecular weight is 297 g/mol. The van der Waals surface area contributed by atoms with Gasteiger partial charge in [0.15, 0.2) is 11.5 Å². The number of hydrogen-bond acceptors (Lipinski definition) is 7. The Bertz CT molecular complexity index is 926. The Balaban J connectivity index is 1.80. The van der Waals surface area contributed by atoms with Gasteiger partial charge in [-0.3, -0.25) is 0 Å². The maximum atomic E-state index is 4.44. The molecule has 8 heteroatoms. The molecule has 0 fully saturated rings. The summed E-state index contributed by atoms with van der Waals surface area (Å²) >= 11 is 1.61. The number of aromatic amines is 1. The molecule has 0 spiro atoms. The standard InChI is InChI=1S/C13H11N7S/c1-14-13-19-11-10(15-5-16-11)12(20-13)18-7-2-3-8-9(4-7)21-6-17-8/h2-6H,1H3,(H3,14,15,16,18,19,20). The van der Waals surface area contributed by atoms with Gasteiger partial charge >= 0.3 is 0 Å². The van der Waals surface area contributed by atoms with Gasteiger partial charge in [0.1, 0.15) is 5.52 Å². The van der Waals surface area contributed by atoms with Gasteiger partial charge in [-0.2, -0.15) is 9.97 Å². The summed E-state index contributed by atoms with van der Waals surface area (Å²) in [5, 5.41) is 6.24. The van der Waals surface area contributed by atoms with Crippen LogP contribution in [-0.4, -0.2) is 32.0 Å². The van der Waals surface area contributed by atoms with Crippen LogP contribution in [0.25, 0.3) is 21.4 Å². The Morgan fingerprint density at radius 3 is 3.05 bits per heavy atom. The Kier molecular flexibility index (Phi) is 2.68.